The lowest BCUT2D eigenvalue weighted by Crippen LogP contribution is -2.35. The topological polar surface area (TPSA) is 126 Å². The molecule has 9 heteroatoms. The first-order valence-corrected chi connectivity index (χ1v) is 6.38. The lowest BCUT2D eigenvalue weighted by Gasteiger charge is -2.23. The normalized spacial score (nSPS) is 16.5. The minimum absolute atomic E-state index is 0.0237. The summed E-state index contributed by atoms with van der Waals surface area (Å²) in [6.45, 7) is 0. The van der Waals surface area contributed by atoms with E-state index in [1.165, 1.54) is 35.2 Å². The quantitative estimate of drug-likeness (QED) is 0.757. The number of benzene rings is 1. The average Bonchev–Trinajstić information content (AvgIpc) is 2.94. The van der Waals surface area contributed by atoms with Crippen molar-refractivity contribution >= 4 is 29.4 Å². The van der Waals surface area contributed by atoms with Crippen LogP contribution in [0.15, 0.2) is 30.6 Å². The molecule has 2 amide bonds. The molecule has 0 aliphatic carbocycles. The summed E-state index contributed by atoms with van der Waals surface area (Å²) >= 11 is 0. The van der Waals surface area contributed by atoms with E-state index in [1.807, 2.05) is 0 Å². The molecule has 0 spiro atoms. The van der Waals surface area contributed by atoms with Gasteiger partial charge in [-0.05, 0) is 24.3 Å². The molecule has 0 saturated carbocycles. The van der Waals surface area contributed by atoms with Gasteiger partial charge in [0.15, 0.2) is 0 Å². The van der Waals surface area contributed by atoms with E-state index < -0.39 is 17.9 Å². The molecule has 0 radical (unpaired) electrons. The van der Waals surface area contributed by atoms with Crippen LogP contribution in [0.3, 0.4) is 0 Å². The van der Waals surface area contributed by atoms with E-state index in [0.29, 0.717) is 5.69 Å². The summed E-state index contributed by atoms with van der Waals surface area (Å²) in [6, 6.07) is 4.98. The van der Waals surface area contributed by atoms with Gasteiger partial charge in [-0.25, -0.2) is 4.79 Å². The zero-order valence-electron chi connectivity index (χ0n) is 11.2. The highest BCUT2D eigenvalue weighted by Gasteiger charge is 2.31. The highest BCUT2D eigenvalue weighted by Crippen LogP contribution is 2.23. The van der Waals surface area contributed by atoms with E-state index in [4.69, 9.17) is 5.11 Å². The van der Waals surface area contributed by atoms with Gasteiger partial charge in [-0.2, -0.15) is 0 Å². The van der Waals surface area contributed by atoms with Crippen molar-refractivity contribution in [1.82, 2.24) is 14.8 Å². The second kappa shape index (κ2) is 5.28. The largest absolute Gasteiger partial charge is 0.478 e. The molecular weight excluding hydrogens is 290 g/mol. The van der Waals surface area contributed by atoms with Crippen molar-refractivity contribution in [3.05, 3.63) is 36.2 Å². The Balaban J connectivity index is 1.78. The molecule has 2 heterocycles. The Morgan fingerprint density at radius 3 is 2.73 bits per heavy atom. The number of aromatic carboxylic acids is 1. The number of fused-ring (bicyclic) bond motifs is 1. The van der Waals surface area contributed by atoms with Crippen LogP contribution < -0.4 is 10.6 Å². The van der Waals surface area contributed by atoms with Gasteiger partial charge in [-0.3, -0.25) is 19.5 Å². The average molecular weight is 301 g/mol. The Kier molecular flexibility index (Phi) is 3.30. The maximum Gasteiger partial charge on any atom is 0.335 e. The second-order valence-electron chi connectivity index (χ2n) is 4.70. The Hall–Kier alpha value is -3.23. The molecular formula is C13H11N5O4. The number of carboxylic acids is 1. The maximum atomic E-state index is 12.3. The Morgan fingerprint density at radius 2 is 2.05 bits per heavy atom. The van der Waals surface area contributed by atoms with Gasteiger partial charge in [-0.1, -0.05) is 0 Å². The van der Waals surface area contributed by atoms with Crippen LogP contribution in [-0.2, 0) is 9.59 Å². The molecule has 1 aromatic heterocycles. The molecule has 112 valence electrons. The molecule has 1 unspecified atom stereocenters. The number of carboxylic acid groups (broad SMARTS) is 1. The summed E-state index contributed by atoms with van der Waals surface area (Å²) in [7, 11) is 0. The van der Waals surface area contributed by atoms with Gasteiger partial charge < -0.3 is 10.4 Å². The van der Waals surface area contributed by atoms with Crippen LogP contribution in [-0.4, -0.2) is 37.7 Å². The van der Waals surface area contributed by atoms with E-state index in [2.05, 4.69) is 20.8 Å². The molecule has 3 rings (SSSR count). The van der Waals surface area contributed by atoms with Crippen LogP contribution in [0.5, 0.6) is 0 Å². The summed E-state index contributed by atoms with van der Waals surface area (Å²) < 4.78 is 1.47. The summed E-state index contributed by atoms with van der Waals surface area (Å²) in [4.78, 5) is 34.7. The first-order chi connectivity index (χ1) is 10.5. The molecule has 1 atom stereocenters. The van der Waals surface area contributed by atoms with Crippen LogP contribution in [0.1, 0.15) is 22.8 Å². The number of anilines is 2. The molecule has 0 fully saturated rings. The van der Waals surface area contributed by atoms with Gasteiger partial charge >= 0.3 is 5.97 Å². The van der Waals surface area contributed by atoms with Crippen molar-refractivity contribution in [3.63, 3.8) is 0 Å². The van der Waals surface area contributed by atoms with Gasteiger partial charge in [0.1, 0.15) is 12.4 Å². The number of hydrogen-bond acceptors (Lipinski definition) is 5. The van der Waals surface area contributed by atoms with Crippen LogP contribution in [0.2, 0.25) is 0 Å². The summed E-state index contributed by atoms with van der Waals surface area (Å²) in [5.74, 6) is -1.55. The molecule has 0 bridgehead atoms. The van der Waals surface area contributed by atoms with Crippen molar-refractivity contribution in [3.8, 4) is 0 Å². The highest BCUT2D eigenvalue weighted by molar-refractivity contribution is 6.01. The zero-order valence-corrected chi connectivity index (χ0v) is 11.2. The first kappa shape index (κ1) is 13.7. The van der Waals surface area contributed by atoms with Gasteiger partial charge in [-0.15, -0.1) is 10.2 Å². The van der Waals surface area contributed by atoms with Crippen molar-refractivity contribution in [2.45, 2.75) is 12.5 Å². The third-order valence-corrected chi connectivity index (χ3v) is 3.24. The first-order valence-electron chi connectivity index (χ1n) is 6.38. The number of nitrogens with zero attached hydrogens (tertiary/aromatic N) is 3. The summed E-state index contributed by atoms with van der Waals surface area (Å²) in [5, 5.41) is 21.4. The predicted octanol–water partition coefficient (Wildman–Crippen LogP) is 0.498. The smallest absolute Gasteiger partial charge is 0.335 e. The molecule has 1 aliphatic heterocycles. The third-order valence-electron chi connectivity index (χ3n) is 3.24. The molecule has 9 nitrogen and oxygen atoms in total. The zero-order chi connectivity index (χ0) is 15.7. The Bertz CT molecular complexity index is 752. The SMILES string of the molecule is O=C1CC(C(=O)Nc2ccc(C(=O)O)cc2)n2cnnc2N1. The lowest BCUT2D eigenvalue weighted by molar-refractivity contribution is -0.125. The van der Waals surface area contributed by atoms with Crippen LogP contribution in [0.4, 0.5) is 11.6 Å². The molecule has 2 aromatic rings. The van der Waals surface area contributed by atoms with E-state index in [0.717, 1.165) is 0 Å². The van der Waals surface area contributed by atoms with Crippen LogP contribution in [0.25, 0.3) is 0 Å². The number of carbonyl (C=O) groups is 3. The number of aromatic nitrogens is 3. The fraction of sp³-hybridized carbons (Fsp3) is 0.154. The number of carbonyl (C=O) groups excluding carboxylic acids is 2. The summed E-state index contributed by atoms with van der Waals surface area (Å²) in [6.07, 6.45) is 1.34. The maximum absolute atomic E-state index is 12.3. The molecule has 22 heavy (non-hydrogen) atoms. The van der Waals surface area contributed by atoms with Gasteiger partial charge in [0.05, 0.1) is 12.0 Å². The second-order valence-corrected chi connectivity index (χ2v) is 4.70. The molecule has 3 N–H and O–H groups in total. The van der Waals surface area contributed by atoms with E-state index in [9.17, 15) is 14.4 Å². The van der Waals surface area contributed by atoms with E-state index in [-0.39, 0.29) is 23.8 Å². The van der Waals surface area contributed by atoms with Gasteiger partial charge in [0, 0.05) is 5.69 Å². The van der Waals surface area contributed by atoms with Crippen molar-refractivity contribution in [2.75, 3.05) is 10.6 Å². The minimum atomic E-state index is -1.05. The monoisotopic (exact) mass is 301 g/mol. The Labute approximate surface area is 124 Å². The highest BCUT2D eigenvalue weighted by atomic mass is 16.4. The van der Waals surface area contributed by atoms with Crippen LogP contribution in [0, 0.1) is 0 Å². The van der Waals surface area contributed by atoms with Crippen molar-refractivity contribution in [2.24, 2.45) is 0 Å². The van der Waals surface area contributed by atoms with E-state index in [1.54, 1.807) is 0 Å². The van der Waals surface area contributed by atoms with Gasteiger partial charge in [0.25, 0.3) is 0 Å². The number of nitrogens with one attached hydrogen (secondary N) is 2. The molecule has 1 aromatic carbocycles. The fourth-order valence-electron chi connectivity index (χ4n) is 2.15. The summed E-state index contributed by atoms with van der Waals surface area (Å²) in [5.41, 5.74) is 0.562. The molecule has 0 saturated heterocycles. The van der Waals surface area contributed by atoms with Crippen molar-refractivity contribution < 1.29 is 19.5 Å². The third kappa shape index (κ3) is 2.51. The van der Waals surface area contributed by atoms with Crippen LogP contribution >= 0.6 is 0 Å². The number of amides is 2. The molecule has 1 aliphatic rings. The number of rotatable bonds is 3. The van der Waals surface area contributed by atoms with E-state index >= 15 is 0 Å². The predicted molar refractivity (Wildman–Crippen MR) is 74.3 cm³/mol. The fourth-order valence-corrected chi connectivity index (χ4v) is 2.15. The van der Waals surface area contributed by atoms with Gasteiger partial charge in [0.2, 0.25) is 17.8 Å². The lowest BCUT2D eigenvalue weighted by atomic mass is 10.1. The standard InChI is InChI=1S/C13H11N5O4/c19-10-5-9(18-6-14-17-13(18)16-10)11(20)15-8-3-1-7(2-4-8)12(21)22/h1-4,6,9H,5H2,(H,15,20)(H,21,22)(H,16,17,19). The minimum Gasteiger partial charge on any atom is -0.478 e. The Morgan fingerprint density at radius 1 is 1.32 bits per heavy atom. The number of hydrogen-bond donors (Lipinski definition) is 3. The van der Waals surface area contributed by atoms with Crippen molar-refractivity contribution in [1.29, 1.82) is 0 Å².